The van der Waals surface area contributed by atoms with Crippen LogP contribution < -0.4 is 15.4 Å². The molecule has 3 aromatic rings. The fourth-order valence-electron chi connectivity index (χ4n) is 4.52. The number of amides is 2. The topological polar surface area (TPSA) is 90.9 Å². The van der Waals surface area contributed by atoms with Gasteiger partial charge in [-0.2, -0.15) is 0 Å². The summed E-state index contributed by atoms with van der Waals surface area (Å²) in [5.74, 6) is 0.205. The third-order valence-corrected chi connectivity index (χ3v) is 6.40. The molecular weight excluding hydrogens is 442 g/mol. The van der Waals surface area contributed by atoms with Gasteiger partial charge in [-0.25, -0.2) is 0 Å². The Balaban J connectivity index is 1.48. The lowest BCUT2D eigenvalue weighted by molar-refractivity contribution is -0.124. The normalized spacial score (nSPS) is 15.3. The number of anilines is 2. The molecule has 0 aliphatic carbocycles. The van der Waals surface area contributed by atoms with Gasteiger partial charge < -0.3 is 20.5 Å². The number of carbonyl (C=O) groups is 2. The molecule has 1 fully saturated rings. The molecule has 1 heterocycles. The molecule has 0 saturated carbocycles. The molecule has 0 bridgehead atoms. The van der Waals surface area contributed by atoms with Gasteiger partial charge >= 0.3 is 0 Å². The van der Waals surface area contributed by atoms with Crippen LogP contribution in [0.2, 0.25) is 0 Å². The van der Waals surface area contributed by atoms with Crippen LogP contribution in [0.15, 0.2) is 72.8 Å². The van der Waals surface area contributed by atoms with E-state index in [9.17, 15) is 14.7 Å². The lowest BCUT2D eigenvalue weighted by Gasteiger charge is -2.36. The van der Waals surface area contributed by atoms with Crippen molar-refractivity contribution in [3.63, 3.8) is 0 Å². The Morgan fingerprint density at radius 3 is 2.31 bits per heavy atom. The van der Waals surface area contributed by atoms with Gasteiger partial charge in [0, 0.05) is 5.92 Å². The highest BCUT2D eigenvalue weighted by Gasteiger charge is 2.33. The molecule has 0 radical (unpaired) electrons. The van der Waals surface area contributed by atoms with E-state index in [1.54, 1.807) is 31.4 Å². The first kappa shape index (κ1) is 24.3. The monoisotopic (exact) mass is 473 g/mol. The Labute approximate surface area is 205 Å². The van der Waals surface area contributed by atoms with Crippen LogP contribution >= 0.6 is 0 Å². The van der Waals surface area contributed by atoms with E-state index in [0.717, 1.165) is 11.1 Å². The van der Waals surface area contributed by atoms with Crippen LogP contribution in [-0.2, 0) is 9.59 Å². The van der Waals surface area contributed by atoms with Gasteiger partial charge in [-0.3, -0.25) is 14.5 Å². The highest BCUT2D eigenvalue weighted by molar-refractivity contribution is 5.97. The van der Waals surface area contributed by atoms with Crippen molar-refractivity contribution < 1.29 is 19.4 Å². The molecule has 3 N–H and O–H groups in total. The number of piperidine rings is 1. The molecule has 0 aromatic heterocycles. The van der Waals surface area contributed by atoms with E-state index in [0.29, 0.717) is 43.1 Å². The fourth-order valence-corrected chi connectivity index (χ4v) is 4.52. The molecule has 7 heteroatoms. The minimum Gasteiger partial charge on any atom is -0.506 e. The van der Waals surface area contributed by atoms with E-state index < -0.39 is 6.04 Å². The summed E-state index contributed by atoms with van der Waals surface area (Å²) >= 11 is 0. The molecule has 35 heavy (non-hydrogen) atoms. The average molecular weight is 474 g/mol. The number of nitrogens with one attached hydrogen (secondary N) is 2. The van der Waals surface area contributed by atoms with Crippen LogP contribution in [0.25, 0.3) is 0 Å². The van der Waals surface area contributed by atoms with E-state index in [-0.39, 0.29) is 23.5 Å². The van der Waals surface area contributed by atoms with Crippen molar-refractivity contribution in [2.45, 2.75) is 25.8 Å². The molecule has 1 saturated heterocycles. The predicted molar refractivity (Wildman–Crippen MR) is 137 cm³/mol. The molecule has 1 atom stereocenters. The van der Waals surface area contributed by atoms with Crippen LogP contribution in [-0.4, -0.2) is 42.0 Å². The second kappa shape index (κ2) is 11.1. The first-order chi connectivity index (χ1) is 17.0. The largest absolute Gasteiger partial charge is 0.506 e. The molecule has 2 amide bonds. The zero-order valence-corrected chi connectivity index (χ0v) is 20.0. The first-order valence-electron chi connectivity index (χ1n) is 11.8. The smallest absolute Gasteiger partial charge is 0.246 e. The first-order valence-corrected chi connectivity index (χ1v) is 11.8. The Morgan fingerprint density at radius 1 is 0.943 bits per heavy atom. The summed E-state index contributed by atoms with van der Waals surface area (Å²) in [5, 5.41) is 15.8. The van der Waals surface area contributed by atoms with Crippen LogP contribution in [0.3, 0.4) is 0 Å². The molecule has 7 nitrogen and oxygen atoms in total. The van der Waals surface area contributed by atoms with Crippen molar-refractivity contribution in [2.75, 3.05) is 30.8 Å². The quantitative estimate of drug-likeness (QED) is 0.431. The number of rotatable bonds is 7. The Morgan fingerprint density at radius 2 is 1.63 bits per heavy atom. The second-order valence-corrected chi connectivity index (χ2v) is 8.82. The lowest BCUT2D eigenvalue weighted by atomic mass is 9.93. The third-order valence-electron chi connectivity index (χ3n) is 6.40. The summed E-state index contributed by atoms with van der Waals surface area (Å²) in [6, 6.07) is 21.6. The zero-order valence-electron chi connectivity index (χ0n) is 20.0. The van der Waals surface area contributed by atoms with Crippen LogP contribution in [0.4, 0.5) is 11.4 Å². The summed E-state index contributed by atoms with van der Waals surface area (Å²) in [6.07, 6.45) is 1.23. The molecule has 182 valence electrons. The van der Waals surface area contributed by atoms with Crippen molar-refractivity contribution in [3.05, 3.63) is 83.9 Å². The van der Waals surface area contributed by atoms with Crippen molar-refractivity contribution in [1.29, 1.82) is 0 Å². The number of benzene rings is 3. The summed E-state index contributed by atoms with van der Waals surface area (Å²) in [6.45, 7) is 3.16. The van der Waals surface area contributed by atoms with Crippen LogP contribution in [0.5, 0.6) is 11.5 Å². The molecule has 1 aliphatic heterocycles. The number of methoxy groups -OCH3 is 1. The summed E-state index contributed by atoms with van der Waals surface area (Å²) in [7, 11) is 1.58. The summed E-state index contributed by atoms with van der Waals surface area (Å²) in [4.78, 5) is 28.5. The Hall–Kier alpha value is -3.84. The van der Waals surface area contributed by atoms with Crippen LogP contribution in [0.1, 0.15) is 30.0 Å². The molecule has 4 rings (SSSR count). The molecular formula is C28H31N3O4. The third kappa shape index (κ3) is 5.81. The number of phenols is 1. The van der Waals surface area contributed by atoms with E-state index in [1.165, 1.54) is 0 Å². The van der Waals surface area contributed by atoms with Gasteiger partial charge in [0.1, 0.15) is 17.5 Å². The number of aryl methyl sites for hydroxylation is 1. The molecule has 3 aromatic carbocycles. The van der Waals surface area contributed by atoms with E-state index >= 15 is 0 Å². The van der Waals surface area contributed by atoms with Crippen molar-refractivity contribution in [1.82, 2.24) is 4.90 Å². The van der Waals surface area contributed by atoms with Crippen molar-refractivity contribution in [3.8, 4) is 11.5 Å². The maximum absolute atomic E-state index is 13.6. The number of hydrogen-bond acceptors (Lipinski definition) is 5. The minimum absolute atomic E-state index is 0.0469. The van der Waals surface area contributed by atoms with Gasteiger partial charge in [0.05, 0.1) is 18.5 Å². The van der Waals surface area contributed by atoms with E-state index in [1.807, 2.05) is 55.5 Å². The molecule has 0 spiro atoms. The second-order valence-electron chi connectivity index (χ2n) is 8.82. The zero-order chi connectivity index (χ0) is 24.8. The number of para-hydroxylation sites is 2. The van der Waals surface area contributed by atoms with Crippen molar-refractivity contribution >= 4 is 23.2 Å². The highest BCUT2D eigenvalue weighted by atomic mass is 16.5. The highest BCUT2D eigenvalue weighted by Crippen LogP contribution is 2.32. The van der Waals surface area contributed by atoms with Gasteiger partial charge in [0.25, 0.3) is 0 Å². The number of hydrogen-bond donors (Lipinski definition) is 3. The number of aromatic hydroxyl groups is 1. The SMILES string of the molecule is COc1ccc(C)cc1NC(=O)[C@@H](c1ccccc1)N1CCC(C(=O)Nc2ccccc2O)CC1. The standard InChI is InChI=1S/C28H31N3O4/c1-19-12-13-25(35-2)23(18-19)30-28(34)26(20-8-4-3-5-9-20)31-16-14-21(15-17-31)27(33)29-22-10-6-7-11-24(22)32/h3-13,18,21,26,32H,14-17H2,1-2H3,(H,29,33)(H,30,34)/t26-/m1/s1. The molecule has 0 unspecified atom stereocenters. The van der Waals surface area contributed by atoms with Crippen LogP contribution in [0, 0.1) is 12.8 Å². The predicted octanol–water partition coefficient (Wildman–Crippen LogP) is 4.74. The van der Waals surface area contributed by atoms with Crippen molar-refractivity contribution in [2.24, 2.45) is 5.92 Å². The summed E-state index contributed by atoms with van der Waals surface area (Å²) < 4.78 is 5.44. The van der Waals surface area contributed by atoms with Gasteiger partial charge in [0.2, 0.25) is 11.8 Å². The van der Waals surface area contributed by atoms with Gasteiger partial charge in [-0.05, 0) is 68.2 Å². The maximum atomic E-state index is 13.6. The lowest BCUT2D eigenvalue weighted by Crippen LogP contribution is -2.44. The Kier molecular flexibility index (Phi) is 7.67. The fraction of sp³-hybridized carbons (Fsp3) is 0.286. The number of phenolic OH excluding ortho intramolecular Hbond substituents is 1. The summed E-state index contributed by atoms with van der Waals surface area (Å²) in [5.41, 5.74) is 2.96. The maximum Gasteiger partial charge on any atom is 0.246 e. The number of nitrogens with zero attached hydrogens (tertiary/aromatic N) is 1. The number of likely N-dealkylation sites (tertiary alicyclic amines) is 1. The van der Waals surface area contributed by atoms with E-state index in [4.69, 9.17) is 4.74 Å². The van der Waals surface area contributed by atoms with Gasteiger partial charge in [0.15, 0.2) is 0 Å². The van der Waals surface area contributed by atoms with Gasteiger partial charge in [-0.1, -0.05) is 48.5 Å². The minimum atomic E-state index is -0.497. The number of carbonyl (C=O) groups excluding carboxylic acids is 2. The molecule has 1 aliphatic rings. The van der Waals surface area contributed by atoms with Gasteiger partial charge in [-0.15, -0.1) is 0 Å². The Bertz CT molecular complexity index is 1170. The number of ether oxygens (including phenoxy) is 1. The average Bonchev–Trinajstić information content (AvgIpc) is 2.87. The van der Waals surface area contributed by atoms with E-state index in [2.05, 4.69) is 15.5 Å².